The van der Waals surface area contributed by atoms with E-state index in [0.717, 1.165) is 25.1 Å². The van der Waals surface area contributed by atoms with Crippen molar-refractivity contribution in [2.45, 2.75) is 18.9 Å². The summed E-state index contributed by atoms with van der Waals surface area (Å²) in [5.41, 5.74) is 7.99. The van der Waals surface area contributed by atoms with Gasteiger partial charge in [0, 0.05) is 19.7 Å². The Bertz CT molecular complexity index is 602. The predicted octanol–water partition coefficient (Wildman–Crippen LogP) is 0.314. The van der Waals surface area contributed by atoms with Gasteiger partial charge in [-0.1, -0.05) is 0 Å². The number of nitrogens with two attached hydrogens (primary N) is 1. The molecule has 2 amide bonds. The average molecular weight is 290 g/mol. The lowest BCUT2D eigenvalue weighted by molar-refractivity contribution is -0.121. The highest BCUT2D eigenvalue weighted by atomic mass is 16.5. The van der Waals surface area contributed by atoms with Gasteiger partial charge in [-0.2, -0.15) is 0 Å². The van der Waals surface area contributed by atoms with Crippen molar-refractivity contribution in [3.63, 3.8) is 0 Å². The van der Waals surface area contributed by atoms with E-state index in [2.05, 4.69) is 10.6 Å². The molecule has 1 aromatic rings. The van der Waals surface area contributed by atoms with Crippen molar-refractivity contribution in [2.75, 3.05) is 36.1 Å². The Kier molecular flexibility index (Phi) is 3.32. The van der Waals surface area contributed by atoms with Crippen molar-refractivity contribution in [3.05, 3.63) is 12.1 Å². The van der Waals surface area contributed by atoms with Crippen molar-refractivity contribution < 1.29 is 14.3 Å². The third kappa shape index (κ3) is 2.35. The first-order valence-electron chi connectivity index (χ1n) is 6.94. The largest absolute Gasteiger partial charge is 0.482 e. The fourth-order valence-electron chi connectivity index (χ4n) is 2.87. The number of hydrogen-bond donors (Lipinski definition) is 3. The van der Waals surface area contributed by atoms with Crippen LogP contribution >= 0.6 is 0 Å². The minimum Gasteiger partial charge on any atom is -0.482 e. The second kappa shape index (κ2) is 5.16. The molecule has 0 radical (unpaired) electrons. The van der Waals surface area contributed by atoms with E-state index in [1.165, 1.54) is 0 Å². The minimum atomic E-state index is -0.226. The molecule has 1 unspecified atom stereocenters. The molecular weight excluding hydrogens is 272 g/mol. The summed E-state index contributed by atoms with van der Waals surface area (Å²) in [4.78, 5) is 25.4. The quantitative estimate of drug-likeness (QED) is 0.681. The molecule has 1 fully saturated rings. The van der Waals surface area contributed by atoms with Gasteiger partial charge < -0.3 is 26.0 Å². The van der Waals surface area contributed by atoms with Crippen LogP contribution in [0.1, 0.15) is 12.8 Å². The maximum atomic E-state index is 12.0. The van der Waals surface area contributed by atoms with Crippen LogP contribution in [0.5, 0.6) is 5.75 Å². The van der Waals surface area contributed by atoms with E-state index in [1.807, 2.05) is 4.90 Å². The second-order valence-corrected chi connectivity index (χ2v) is 5.21. The van der Waals surface area contributed by atoms with Gasteiger partial charge in [-0.25, -0.2) is 0 Å². The van der Waals surface area contributed by atoms with Crippen LogP contribution in [0.2, 0.25) is 0 Å². The number of fused-ring (bicyclic) bond motifs is 1. The monoisotopic (exact) mass is 290 g/mol. The summed E-state index contributed by atoms with van der Waals surface area (Å²) in [5.74, 6) is 0.346. The van der Waals surface area contributed by atoms with E-state index in [4.69, 9.17) is 10.5 Å². The van der Waals surface area contributed by atoms with Crippen molar-refractivity contribution >= 4 is 28.9 Å². The molecular formula is C14H18N4O3. The van der Waals surface area contributed by atoms with Crippen LogP contribution in [0.25, 0.3) is 0 Å². The Hall–Kier alpha value is -2.44. The molecule has 1 atom stereocenters. The zero-order valence-electron chi connectivity index (χ0n) is 11.8. The minimum absolute atomic E-state index is 0.00360. The van der Waals surface area contributed by atoms with E-state index in [1.54, 1.807) is 19.2 Å². The van der Waals surface area contributed by atoms with Gasteiger partial charge in [0.05, 0.1) is 17.1 Å². The number of hydrogen-bond acceptors (Lipinski definition) is 5. The molecule has 112 valence electrons. The van der Waals surface area contributed by atoms with Gasteiger partial charge in [-0.15, -0.1) is 0 Å². The van der Waals surface area contributed by atoms with E-state index < -0.39 is 0 Å². The number of amides is 2. The molecule has 2 heterocycles. The van der Waals surface area contributed by atoms with Crippen LogP contribution < -0.4 is 26.0 Å². The van der Waals surface area contributed by atoms with Gasteiger partial charge in [0.25, 0.3) is 5.91 Å². The summed E-state index contributed by atoms with van der Waals surface area (Å²) in [5, 5.41) is 5.44. The van der Waals surface area contributed by atoms with Crippen molar-refractivity contribution in [1.82, 2.24) is 5.32 Å². The molecule has 3 rings (SSSR count). The fourth-order valence-corrected chi connectivity index (χ4v) is 2.87. The van der Waals surface area contributed by atoms with E-state index in [9.17, 15) is 9.59 Å². The van der Waals surface area contributed by atoms with E-state index >= 15 is 0 Å². The molecule has 1 saturated heterocycles. The van der Waals surface area contributed by atoms with Crippen molar-refractivity contribution in [1.29, 1.82) is 0 Å². The molecule has 21 heavy (non-hydrogen) atoms. The van der Waals surface area contributed by atoms with Crippen LogP contribution in [0.4, 0.5) is 17.1 Å². The zero-order valence-corrected chi connectivity index (χ0v) is 11.8. The first-order valence-corrected chi connectivity index (χ1v) is 6.94. The van der Waals surface area contributed by atoms with Gasteiger partial charge in [-0.3, -0.25) is 9.59 Å². The van der Waals surface area contributed by atoms with Gasteiger partial charge in [0.1, 0.15) is 11.8 Å². The number of likely N-dealkylation sites (N-methyl/N-ethyl adjacent to an activating group) is 1. The Morgan fingerprint density at radius 3 is 3.10 bits per heavy atom. The average Bonchev–Trinajstić information content (AvgIpc) is 2.95. The third-order valence-electron chi connectivity index (χ3n) is 3.87. The zero-order chi connectivity index (χ0) is 15.0. The van der Waals surface area contributed by atoms with E-state index in [-0.39, 0.29) is 24.5 Å². The summed E-state index contributed by atoms with van der Waals surface area (Å²) in [7, 11) is 1.63. The van der Waals surface area contributed by atoms with Gasteiger partial charge >= 0.3 is 0 Å². The molecule has 0 aliphatic carbocycles. The number of nitrogens with one attached hydrogen (secondary N) is 2. The highest BCUT2D eigenvalue weighted by molar-refractivity contribution is 5.97. The van der Waals surface area contributed by atoms with Gasteiger partial charge in [0.2, 0.25) is 5.91 Å². The summed E-state index contributed by atoms with van der Waals surface area (Å²) in [6, 6.07) is 3.25. The topological polar surface area (TPSA) is 96.7 Å². The predicted molar refractivity (Wildman–Crippen MR) is 79.4 cm³/mol. The number of anilines is 3. The number of carbonyl (C=O) groups is 2. The summed E-state index contributed by atoms with van der Waals surface area (Å²) in [6.45, 7) is 0.756. The van der Waals surface area contributed by atoms with Crippen molar-refractivity contribution in [2.24, 2.45) is 0 Å². The molecule has 2 aliphatic heterocycles. The number of carbonyl (C=O) groups excluding carboxylic acids is 2. The molecule has 7 heteroatoms. The number of rotatable bonds is 2. The molecule has 0 saturated carbocycles. The Morgan fingerprint density at radius 2 is 2.33 bits per heavy atom. The number of nitrogen functional groups attached to an aromatic ring is 1. The van der Waals surface area contributed by atoms with Crippen LogP contribution in [0.3, 0.4) is 0 Å². The Balaban J connectivity index is 1.96. The molecule has 4 N–H and O–H groups in total. The molecule has 0 spiro atoms. The highest BCUT2D eigenvalue weighted by Gasteiger charge is 2.32. The lowest BCUT2D eigenvalue weighted by atomic mass is 10.1. The third-order valence-corrected chi connectivity index (χ3v) is 3.87. The normalized spacial score (nSPS) is 20.5. The summed E-state index contributed by atoms with van der Waals surface area (Å²) >= 11 is 0. The standard InChI is InChI=1S/C14H18N4O3/c1-16-14(20)10-3-2-4-18(10)11-6-9-12(5-8(11)15)21-7-13(19)17-9/h5-6,10H,2-4,7,15H2,1H3,(H,16,20)(H,17,19). The number of nitrogens with zero attached hydrogens (tertiary/aromatic N) is 1. The number of benzene rings is 1. The SMILES string of the molecule is CNC(=O)C1CCCN1c1cc2c(cc1N)OCC(=O)N2. The van der Waals surface area contributed by atoms with Crippen LogP contribution in [-0.2, 0) is 9.59 Å². The van der Waals surface area contributed by atoms with Gasteiger partial charge in [-0.05, 0) is 18.9 Å². The lowest BCUT2D eigenvalue weighted by Crippen LogP contribution is -2.42. The van der Waals surface area contributed by atoms with Crippen LogP contribution in [0, 0.1) is 0 Å². The first-order chi connectivity index (χ1) is 10.1. The molecule has 2 aliphatic rings. The molecule has 0 bridgehead atoms. The Morgan fingerprint density at radius 1 is 1.52 bits per heavy atom. The molecule has 7 nitrogen and oxygen atoms in total. The first kappa shape index (κ1) is 13.5. The number of ether oxygens (including phenoxy) is 1. The molecule has 1 aromatic carbocycles. The van der Waals surface area contributed by atoms with Crippen LogP contribution in [-0.4, -0.2) is 38.1 Å². The van der Waals surface area contributed by atoms with Crippen LogP contribution in [0.15, 0.2) is 12.1 Å². The maximum absolute atomic E-state index is 12.0. The van der Waals surface area contributed by atoms with Crippen molar-refractivity contribution in [3.8, 4) is 5.75 Å². The maximum Gasteiger partial charge on any atom is 0.262 e. The van der Waals surface area contributed by atoms with E-state index in [0.29, 0.717) is 17.1 Å². The lowest BCUT2D eigenvalue weighted by Gasteiger charge is -2.28. The smallest absolute Gasteiger partial charge is 0.262 e. The fraction of sp³-hybridized carbons (Fsp3) is 0.429. The highest BCUT2D eigenvalue weighted by Crippen LogP contribution is 2.39. The summed E-state index contributed by atoms with van der Waals surface area (Å²) in [6.07, 6.45) is 1.72. The Labute approximate surface area is 122 Å². The second-order valence-electron chi connectivity index (χ2n) is 5.21. The van der Waals surface area contributed by atoms with Gasteiger partial charge in [0.15, 0.2) is 6.61 Å². The summed E-state index contributed by atoms with van der Waals surface area (Å²) < 4.78 is 5.34. The molecule has 0 aromatic heterocycles.